The van der Waals surface area contributed by atoms with Gasteiger partial charge in [0.25, 0.3) is 0 Å². The van der Waals surface area contributed by atoms with Crippen LogP contribution in [0.2, 0.25) is 5.02 Å². The van der Waals surface area contributed by atoms with Gasteiger partial charge in [0.1, 0.15) is 11.1 Å². The van der Waals surface area contributed by atoms with E-state index in [1.165, 1.54) is 4.68 Å². The van der Waals surface area contributed by atoms with Crippen LogP contribution in [0, 0.1) is 0 Å². The number of anilines is 1. The Hall–Kier alpha value is -2.82. The minimum atomic E-state index is -4.55. The van der Waals surface area contributed by atoms with Gasteiger partial charge in [-0.3, -0.25) is 18.8 Å². The lowest BCUT2D eigenvalue weighted by Crippen LogP contribution is -2.28. The maximum Gasteiger partial charge on any atom is 0.435 e. The zero-order chi connectivity index (χ0) is 23.0. The molecule has 172 valence electrons. The number of hydrogen-bond acceptors (Lipinski definition) is 4. The summed E-state index contributed by atoms with van der Waals surface area (Å²) in [6, 6.07) is -0.901. The Morgan fingerprint density at radius 3 is 2.66 bits per heavy atom. The molecule has 0 saturated carbocycles. The van der Waals surface area contributed by atoms with Gasteiger partial charge in [-0.2, -0.15) is 28.5 Å². The van der Waals surface area contributed by atoms with Gasteiger partial charge in [0.2, 0.25) is 5.91 Å². The molecular formula is C20H23ClF3N7O. The molecule has 3 aromatic rings. The van der Waals surface area contributed by atoms with Crippen molar-refractivity contribution < 1.29 is 18.0 Å². The monoisotopic (exact) mass is 469 g/mol. The maximum atomic E-state index is 13.4. The highest BCUT2D eigenvalue weighted by atomic mass is 35.5. The molecule has 1 amide bonds. The molecule has 4 rings (SSSR count). The number of carbonyl (C=O) groups is 1. The minimum absolute atomic E-state index is 0.151. The molecule has 3 aromatic heterocycles. The first-order valence-corrected chi connectivity index (χ1v) is 10.8. The number of aryl methyl sites for hydroxylation is 1. The lowest BCUT2D eigenvalue weighted by atomic mass is 10.1. The second kappa shape index (κ2) is 8.61. The number of nitrogens with zero attached hydrogens (tertiary/aromatic N) is 6. The highest BCUT2D eigenvalue weighted by molar-refractivity contribution is 6.33. The molecule has 1 aliphatic rings. The van der Waals surface area contributed by atoms with Crippen molar-refractivity contribution in [3.63, 3.8) is 0 Å². The molecular weight excluding hydrogens is 447 g/mol. The summed E-state index contributed by atoms with van der Waals surface area (Å²) < 4.78 is 44.8. The summed E-state index contributed by atoms with van der Waals surface area (Å²) in [6.45, 7) is 4.86. The van der Waals surface area contributed by atoms with Crippen molar-refractivity contribution in [2.45, 2.75) is 64.8 Å². The van der Waals surface area contributed by atoms with Gasteiger partial charge in [0.05, 0.1) is 12.7 Å². The molecule has 32 heavy (non-hydrogen) atoms. The van der Waals surface area contributed by atoms with Crippen molar-refractivity contribution in [3.05, 3.63) is 46.1 Å². The van der Waals surface area contributed by atoms with Crippen LogP contribution in [-0.2, 0) is 36.9 Å². The van der Waals surface area contributed by atoms with E-state index in [1.54, 1.807) is 28.7 Å². The summed E-state index contributed by atoms with van der Waals surface area (Å²) in [4.78, 5) is 13.0. The fraction of sp³-hybridized carbons (Fsp3) is 0.500. The van der Waals surface area contributed by atoms with Crippen LogP contribution in [0.4, 0.5) is 19.0 Å². The zero-order valence-corrected chi connectivity index (χ0v) is 18.4. The van der Waals surface area contributed by atoms with Crippen molar-refractivity contribution in [1.29, 1.82) is 0 Å². The number of amides is 1. The molecule has 1 atom stereocenters. The molecule has 8 nitrogen and oxygen atoms in total. The van der Waals surface area contributed by atoms with Gasteiger partial charge in [0, 0.05) is 35.8 Å². The average Bonchev–Trinajstić information content (AvgIpc) is 3.48. The lowest BCUT2D eigenvalue weighted by Gasteiger charge is -2.17. The number of carbonyl (C=O) groups excluding carboxylic acids is 1. The van der Waals surface area contributed by atoms with E-state index in [2.05, 4.69) is 20.6 Å². The van der Waals surface area contributed by atoms with Gasteiger partial charge in [-0.15, -0.1) is 0 Å². The molecule has 0 fully saturated rings. The fourth-order valence-corrected chi connectivity index (χ4v) is 4.23. The van der Waals surface area contributed by atoms with E-state index < -0.39 is 23.8 Å². The highest BCUT2D eigenvalue weighted by Gasteiger charge is 2.41. The molecule has 0 spiro atoms. The predicted octanol–water partition coefficient (Wildman–Crippen LogP) is 4.10. The summed E-state index contributed by atoms with van der Waals surface area (Å²) in [5.74, 6) is -0.359. The summed E-state index contributed by atoms with van der Waals surface area (Å²) in [5.41, 5.74) is 0.691. The van der Waals surface area contributed by atoms with E-state index in [4.69, 9.17) is 11.6 Å². The van der Waals surface area contributed by atoms with E-state index in [-0.39, 0.29) is 22.8 Å². The molecule has 0 radical (unpaired) electrons. The zero-order valence-electron chi connectivity index (χ0n) is 17.7. The van der Waals surface area contributed by atoms with Crippen molar-refractivity contribution in [2.75, 3.05) is 5.32 Å². The summed E-state index contributed by atoms with van der Waals surface area (Å²) in [6.07, 6.45) is 2.29. The number of rotatable bonds is 7. The largest absolute Gasteiger partial charge is 0.435 e. The number of alkyl halides is 3. The third kappa shape index (κ3) is 4.25. The van der Waals surface area contributed by atoms with Crippen molar-refractivity contribution in [2.24, 2.45) is 0 Å². The molecule has 0 aliphatic heterocycles. The number of aromatic nitrogens is 6. The summed E-state index contributed by atoms with van der Waals surface area (Å²) in [5, 5.41) is 15.2. The van der Waals surface area contributed by atoms with Gasteiger partial charge in [0.15, 0.2) is 11.5 Å². The molecule has 0 bridgehead atoms. The second-order valence-electron chi connectivity index (χ2n) is 7.71. The van der Waals surface area contributed by atoms with E-state index in [1.807, 2.05) is 13.1 Å². The van der Waals surface area contributed by atoms with E-state index in [0.29, 0.717) is 31.5 Å². The number of hydrogen-bond donors (Lipinski definition) is 1. The number of halogens is 4. The van der Waals surface area contributed by atoms with Crippen molar-refractivity contribution in [1.82, 2.24) is 29.3 Å². The third-order valence-electron chi connectivity index (χ3n) is 5.53. The third-order valence-corrected chi connectivity index (χ3v) is 5.80. The Kier molecular flexibility index (Phi) is 6.02. The van der Waals surface area contributed by atoms with Crippen LogP contribution < -0.4 is 5.32 Å². The van der Waals surface area contributed by atoms with Gasteiger partial charge in [-0.25, -0.2) is 0 Å². The van der Waals surface area contributed by atoms with Gasteiger partial charge in [-0.05, 0) is 32.6 Å². The topological polar surface area (TPSA) is 82.6 Å². The summed E-state index contributed by atoms with van der Waals surface area (Å²) >= 11 is 6.25. The van der Waals surface area contributed by atoms with Crippen molar-refractivity contribution >= 4 is 23.3 Å². The number of nitrogens with one attached hydrogen (secondary N) is 1. The number of fused-ring (bicyclic) bond motifs is 1. The van der Waals surface area contributed by atoms with Crippen LogP contribution in [0.3, 0.4) is 0 Å². The molecule has 1 N–H and O–H groups in total. The molecule has 1 aliphatic carbocycles. The second-order valence-corrected chi connectivity index (χ2v) is 8.12. The fourth-order valence-electron chi connectivity index (χ4n) is 4.03. The SMILES string of the molecule is CC[C@H](C(=O)Nc1nn(Cc2cnn(CC)c2)cc1Cl)n1nc(C(F)(F)F)c2c1CCC2. The molecule has 3 heterocycles. The smallest absolute Gasteiger partial charge is 0.306 e. The standard InChI is InChI=1S/C20H23ClF3N7O/c1-3-15(31-16-7-5-6-13(16)17(27-31)20(22,23)24)19(32)26-18-14(21)11-30(28-18)10-12-8-25-29(4-2)9-12/h8-9,11,15H,3-7,10H2,1-2H3,(H,26,28,32)/t15-/m1/s1. The van der Waals surface area contributed by atoms with Crippen LogP contribution in [0.15, 0.2) is 18.6 Å². The van der Waals surface area contributed by atoms with E-state index >= 15 is 0 Å². The average molecular weight is 470 g/mol. The Labute approximate surface area is 187 Å². The van der Waals surface area contributed by atoms with Crippen LogP contribution in [0.25, 0.3) is 0 Å². The maximum absolute atomic E-state index is 13.4. The minimum Gasteiger partial charge on any atom is -0.306 e. The molecule has 0 aromatic carbocycles. The molecule has 12 heteroatoms. The first kappa shape index (κ1) is 22.4. The van der Waals surface area contributed by atoms with E-state index in [0.717, 1.165) is 12.1 Å². The van der Waals surface area contributed by atoms with Crippen LogP contribution in [0.5, 0.6) is 0 Å². The molecule has 0 saturated heterocycles. The molecule has 0 unspecified atom stereocenters. The lowest BCUT2D eigenvalue weighted by molar-refractivity contribution is -0.142. The Morgan fingerprint density at radius 2 is 2.00 bits per heavy atom. The van der Waals surface area contributed by atoms with Gasteiger partial charge < -0.3 is 5.32 Å². The van der Waals surface area contributed by atoms with Crippen LogP contribution in [0.1, 0.15) is 55.2 Å². The highest BCUT2D eigenvalue weighted by Crippen LogP contribution is 2.38. The van der Waals surface area contributed by atoms with Crippen LogP contribution >= 0.6 is 11.6 Å². The van der Waals surface area contributed by atoms with Crippen molar-refractivity contribution in [3.8, 4) is 0 Å². The predicted molar refractivity (Wildman–Crippen MR) is 111 cm³/mol. The quantitative estimate of drug-likeness (QED) is 0.565. The normalized spacial score (nSPS) is 14.6. The Balaban J connectivity index is 1.54. The Morgan fingerprint density at radius 1 is 1.22 bits per heavy atom. The van der Waals surface area contributed by atoms with E-state index in [9.17, 15) is 18.0 Å². The van der Waals surface area contributed by atoms with Crippen LogP contribution in [-0.4, -0.2) is 35.2 Å². The first-order valence-electron chi connectivity index (χ1n) is 10.4. The Bertz CT molecular complexity index is 1130. The van der Waals surface area contributed by atoms with Gasteiger partial charge >= 0.3 is 6.18 Å². The van der Waals surface area contributed by atoms with Gasteiger partial charge in [-0.1, -0.05) is 18.5 Å². The first-order chi connectivity index (χ1) is 15.2. The summed E-state index contributed by atoms with van der Waals surface area (Å²) in [7, 11) is 0.